The van der Waals surface area contributed by atoms with Crippen molar-refractivity contribution < 1.29 is 0 Å². The maximum absolute atomic E-state index is 6.15. The molecule has 0 radical (unpaired) electrons. The molecule has 6 nitrogen and oxygen atoms in total. The molecule has 0 spiro atoms. The minimum Gasteiger partial charge on any atom is -0.228 e. The summed E-state index contributed by atoms with van der Waals surface area (Å²) in [5.41, 5.74) is 0.805. The van der Waals surface area contributed by atoms with Gasteiger partial charge in [0.2, 0.25) is 10.3 Å². The van der Waals surface area contributed by atoms with E-state index in [0.29, 0.717) is 10.2 Å². The molecular formula is C11H5ClN6S3. The topological polar surface area (TPSA) is 69.4 Å². The molecule has 10 heteroatoms. The van der Waals surface area contributed by atoms with Crippen LogP contribution in [0.3, 0.4) is 0 Å². The summed E-state index contributed by atoms with van der Waals surface area (Å²) in [6.07, 6.45) is 1.72. The molecule has 21 heavy (non-hydrogen) atoms. The summed E-state index contributed by atoms with van der Waals surface area (Å²) in [5, 5.41) is 15.6. The lowest BCUT2D eigenvalue weighted by Gasteiger charge is -1.96. The van der Waals surface area contributed by atoms with Crippen molar-refractivity contribution in [2.75, 3.05) is 0 Å². The zero-order chi connectivity index (χ0) is 14.2. The Morgan fingerprint density at radius 2 is 2.24 bits per heavy atom. The Labute approximate surface area is 135 Å². The molecule has 0 aliphatic heterocycles. The Bertz CT molecular complexity index is 900. The number of aromatic nitrogens is 6. The van der Waals surface area contributed by atoms with Gasteiger partial charge in [0.05, 0.1) is 9.72 Å². The fourth-order valence-electron chi connectivity index (χ4n) is 1.70. The maximum Gasteiger partial charge on any atom is 0.223 e. The molecule has 104 valence electrons. The van der Waals surface area contributed by atoms with Gasteiger partial charge in [-0.3, -0.25) is 0 Å². The normalized spacial score (nSPS) is 11.3. The largest absolute Gasteiger partial charge is 0.228 e. The first kappa shape index (κ1) is 13.1. The average molecular weight is 353 g/mol. The van der Waals surface area contributed by atoms with Crippen LogP contribution in [0.4, 0.5) is 0 Å². The number of hydrogen-bond acceptors (Lipinski definition) is 8. The number of rotatable bonds is 3. The summed E-state index contributed by atoms with van der Waals surface area (Å²) < 4.78 is 3.48. The molecular weight excluding hydrogens is 348 g/mol. The second-order valence-corrected chi connectivity index (χ2v) is 7.38. The first-order valence-corrected chi connectivity index (χ1v) is 8.61. The van der Waals surface area contributed by atoms with Crippen molar-refractivity contribution in [1.29, 1.82) is 0 Å². The fourth-order valence-corrected chi connectivity index (χ4v) is 4.58. The molecule has 4 rings (SSSR count). The van der Waals surface area contributed by atoms with Crippen LogP contribution in [-0.2, 0) is 0 Å². The van der Waals surface area contributed by atoms with Gasteiger partial charge >= 0.3 is 0 Å². The van der Waals surface area contributed by atoms with E-state index in [2.05, 4.69) is 25.5 Å². The van der Waals surface area contributed by atoms with Gasteiger partial charge in [0, 0.05) is 11.6 Å². The summed E-state index contributed by atoms with van der Waals surface area (Å²) in [5.74, 6) is 0. The smallest absolute Gasteiger partial charge is 0.223 e. The maximum atomic E-state index is 6.15. The molecule has 0 aliphatic carbocycles. The van der Waals surface area contributed by atoms with Crippen molar-refractivity contribution in [2.24, 2.45) is 0 Å². The van der Waals surface area contributed by atoms with E-state index >= 15 is 0 Å². The molecule has 0 fully saturated rings. The van der Waals surface area contributed by atoms with Crippen LogP contribution in [0.5, 0.6) is 0 Å². The Kier molecular flexibility index (Phi) is 3.34. The van der Waals surface area contributed by atoms with Gasteiger partial charge in [0.1, 0.15) is 5.52 Å². The number of hydrogen-bond donors (Lipinski definition) is 0. The second-order valence-electron chi connectivity index (χ2n) is 3.86. The third kappa shape index (κ3) is 2.42. The molecule has 3 aromatic heterocycles. The van der Waals surface area contributed by atoms with E-state index in [9.17, 15) is 0 Å². The van der Waals surface area contributed by atoms with Gasteiger partial charge in [-0.25, -0.2) is 9.97 Å². The molecule has 3 heterocycles. The zero-order valence-corrected chi connectivity index (χ0v) is 13.4. The van der Waals surface area contributed by atoms with E-state index in [4.69, 9.17) is 11.6 Å². The van der Waals surface area contributed by atoms with Crippen LogP contribution in [0, 0.1) is 0 Å². The number of nitrogens with zero attached hydrogens (tertiary/aromatic N) is 6. The minimum atomic E-state index is 0.625. The molecule has 0 amide bonds. The Morgan fingerprint density at radius 1 is 1.29 bits per heavy atom. The Hall–Kier alpha value is -1.55. The standard InChI is InChI=1S/C11H5ClN6S3/c12-6-2-1-3-7-8(6)14-11(20-7)21-10-15-16-17-18(10)9-13-4-5-19-9/h1-5H. The first-order valence-electron chi connectivity index (χ1n) is 5.72. The SMILES string of the molecule is Clc1cccc2sc(Sc3nnnn3-c3nccs3)nc12. The summed E-state index contributed by atoms with van der Waals surface area (Å²) in [7, 11) is 0. The van der Waals surface area contributed by atoms with Crippen LogP contribution < -0.4 is 0 Å². The van der Waals surface area contributed by atoms with Crippen LogP contribution >= 0.6 is 46.0 Å². The number of thiazole rings is 2. The quantitative estimate of drug-likeness (QED) is 0.561. The number of fused-ring (bicyclic) bond motifs is 1. The van der Waals surface area contributed by atoms with Crippen LogP contribution in [0.15, 0.2) is 39.3 Å². The van der Waals surface area contributed by atoms with E-state index in [-0.39, 0.29) is 0 Å². The van der Waals surface area contributed by atoms with Gasteiger partial charge in [0.25, 0.3) is 0 Å². The molecule has 0 atom stereocenters. The van der Waals surface area contributed by atoms with Gasteiger partial charge in [-0.05, 0) is 34.3 Å². The summed E-state index contributed by atoms with van der Waals surface area (Å²) in [6.45, 7) is 0. The number of para-hydroxylation sites is 1. The van der Waals surface area contributed by atoms with E-state index in [1.54, 1.807) is 22.2 Å². The van der Waals surface area contributed by atoms with Crippen molar-refractivity contribution in [3.05, 3.63) is 34.8 Å². The highest BCUT2D eigenvalue weighted by Crippen LogP contribution is 2.36. The summed E-state index contributed by atoms with van der Waals surface area (Å²) >= 11 is 10.6. The monoisotopic (exact) mass is 352 g/mol. The highest BCUT2D eigenvalue weighted by Gasteiger charge is 2.15. The third-order valence-electron chi connectivity index (χ3n) is 2.57. The van der Waals surface area contributed by atoms with Crippen LogP contribution in [0.25, 0.3) is 15.3 Å². The third-order valence-corrected chi connectivity index (χ3v) is 5.64. The van der Waals surface area contributed by atoms with Crippen molar-refractivity contribution in [2.45, 2.75) is 9.50 Å². The van der Waals surface area contributed by atoms with E-state index < -0.39 is 0 Å². The van der Waals surface area contributed by atoms with Gasteiger partial charge in [-0.2, -0.15) is 4.68 Å². The minimum absolute atomic E-state index is 0.625. The van der Waals surface area contributed by atoms with Crippen molar-refractivity contribution in [3.63, 3.8) is 0 Å². The summed E-state index contributed by atoms with van der Waals surface area (Å²) in [4.78, 5) is 8.74. The van der Waals surface area contributed by atoms with Gasteiger partial charge in [0.15, 0.2) is 4.34 Å². The van der Waals surface area contributed by atoms with Gasteiger partial charge < -0.3 is 0 Å². The Balaban J connectivity index is 1.72. The molecule has 0 saturated heterocycles. The number of halogens is 1. The molecule has 0 N–H and O–H groups in total. The Morgan fingerprint density at radius 3 is 3.05 bits per heavy atom. The number of benzene rings is 1. The highest BCUT2D eigenvalue weighted by molar-refractivity contribution is 8.01. The lowest BCUT2D eigenvalue weighted by atomic mass is 10.3. The predicted octanol–water partition coefficient (Wildman–Crippen LogP) is 3.53. The van der Waals surface area contributed by atoms with Crippen LogP contribution in [0.2, 0.25) is 5.02 Å². The molecule has 0 saturated carbocycles. The van der Waals surface area contributed by atoms with Crippen LogP contribution in [0.1, 0.15) is 0 Å². The van der Waals surface area contributed by atoms with Crippen molar-refractivity contribution in [3.8, 4) is 5.13 Å². The predicted molar refractivity (Wildman–Crippen MR) is 83.6 cm³/mol. The molecule has 0 bridgehead atoms. The molecule has 0 unspecified atom stereocenters. The molecule has 4 aromatic rings. The molecule has 1 aromatic carbocycles. The number of tetrazole rings is 1. The lowest BCUT2D eigenvalue weighted by molar-refractivity contribution is 0.750. The second kappa shape index (κ2) is 5.34. The van der Waals surface area contributed by atoms with Gasteiger partial charge in [-0.15, -0.1) is 27.8 Å². The first-order chi connectivity index (χ1) is 10.3. The van der Waals surface area contributed by atoms with E-state index in [1.165, 1.54) is 23.1 Å². The van der Waals surface area contributed by atoms with Crippen LogP contribution in [-0.4, -0.2) is 30.2 Å². The average Bonchev–Trinajstić information content (AvgIpc) is 3.17. The van der Waals surface area contributed by atoms with Gasteiger partial charge in [-0.1, -0.05) is 17.7 Å². The van der Waals surface area contributed by atoms with Crippen molar-refractivity contribution in [1.82, 2.24) is 30.2 Å². The summed E-state index contributed by atoms with van der Waals surface area (Å²) in [6, 6.07) is 5.74. The fraction of sp³-hybridized carbons (Fsp3) is 0. The van der Waals surface area contributed by atoms with Crippen molar-refractivity contribution >= 4 is 56.3 Å². The zero-order valence-electron chi connectivity index (χ0n) is 10.2. The van der Waals surface area contributed by atoms with E-state index in [0.717, 1.165) is 19.7 Å². The highest BCUT2D eigenvalue weighted by atomic mass is 35.5. The van der Waals surface area contributed by atoms with E-state index in [1.807, 2.05) is 23.6 Å². The lowest BCUT2D eigenvalue weighted by Crippen LogP contribution is -1.97. The molecule has 0 aliphatic rings.